The number of nitrogens with zero attached hydrogens (tertiary/aromatic N) is 2. The number of benzene rings is 2. The number of ether oxygens (including phenoxy) is 2. The van der Waals surface area contributed by atoms with E-state index in [4.69, 9.17) is 9.47 Å². The second-order valence-corrected chi connectivity index (χ2v) is 6.93. The molecule has 2 N–H and O–H groups in total. The highest BCUT2D eigenvalue weighted by atomic mass is 127. The summed E-state index contributed by atoms with van der Waals surface area (Å²) in [7, 11) is 5.74. The van der Waals surface area contributed by atoms with Gasteiger partial charge in [0.25, 0.3) is 0 Å². The molecule has 0 aromatic heterocycles. The first kappa shape index (κ1) is 26.0. The van der Waals surface area contributed by atoms with Gasteiger partial charge in [0.15, 0.2) is 17.5 Å². The average Bonchev–Trinajstić information content (AvgIpc) is 2.70. The number of nitrogens with one attached hydrogen (secondary N) is 2. The molecular formula is C22H32FIN4O2. The molecule has 0 bridgehead atoms. The fourth-order valence-corrected chi connectivity index (χ4v) is 2.57. The zero-order valence-corrected chi connectivity index (χ0v) is 20.4. The van der Waals surface area contributed by atoms with Crippen molar-refractivity contribution in [2.75, 3.05) is 40.8 Å². The Kier molecular flexibility index (Phi) is 12.1. The second kappa shape index (κ2) is 14.0. The van der Waals surface area contributed by atoms with Gasteiger partial charge in [-0.3, -0.25) is 4.99 Å². The molecule has 166 valence electrons. The average molecular weight is 530 g/mol. The van der Waals surface area contributed by atoms with E-state index < -0.39 is 0 Å². The summed E-state index contributed by atoms with van der Waals surface area (Å²) in [6.07, 6.45) is -0.230. The van der Waals surface area contributed by atoms with Crippen LogP contribution < -0.4 is 20.1 Å². The minimum absolute atomic E-state index is 0. The van der Waals surface area contributed by atoms with Crippen LogP contribution in [0.15, 0.2) is 53.5 Å². The maximum atomic E-state index is 13.7. The summed E-state index contributed by atoms with van der Waals surface area (Å²) in [6, 6.07) is 14.3. The Bertz CT molecular complexity index is 789. The van der Waals surface area contributed by atoms with Crippen molar-refractivity contribution in [2.45, 2.75) is 19.6 Å². The largest absolute Gasteiger partial charge is 0.492 e. The van der Waals surface area contributed by atoms with Gasteiger partial charge in [0, 0.05) is 25.7 Å². The maximum Gasteiger partial charge on any atom is 0.191 e. The number of hydrogen-bond acceptors (Lipinski definition) is 4. The number of hydrogen-bond donors (Lipinski definition) is 2. The van der Waals surface area contributed by atoms with Crippen molar-refractivity contribution < 1.29 is 13.9 Å². The van der Waals surface area contributed by atoms with Crippen LogP contribution in [0.2, 0.25) is 0 Å². The first-order valence-electron chi connectivity index (χ1n) is 9.70. The normalized spacial score (nSPS) is 12.1. The fraction of sp³-hybridized carbons (Fsp3) is 0.409. The van der Waals surface area contributed by atoms with Crippen LogP contribution in [0.3, 0.4) is 0 Å². The summed E-state index contributed by atoms with van der Waals surface area (Å²) in [6.45, 7) is 4.41. The summed E-state index contributed by atoms with van der Waals surface area (Å²) in [4.78, 5) is 6.31. The SMILES string of the molecule is CN=C(NCc1ccccc1OCCN(C)C)NCC(C)Oc1ccccc1F.I. The van der Waals surface area contributed by atoms with Crippen molar-refractivity contribution >= 4 is 29.9 Å². The predicted molar refractivity (Wildman–Crippen MR) is 131 cm³/mol. The van der Waals surface area contributed by atoms with Gasteiger partial charge in [-0.05, 0) is 39.2 Å². The van der Waals surface area contributed by atoms with Crippen molar-refractivity contribution in [2.24, 2.45) is 4.99 Å². The van der Waals surface area contributed by atoms with Crippen molar-refractivity contribution in [3.63, 3.8) is 0 Å². The number of guanidine groups is 1. The maximum absolute atomic E-state index is 13.7. The van der Waals surface area contributed by atoms with Crippen LogP contribution in [0.1, 0.15) is 12.5 Å². The monoisotopic (exact) mass is 530 g/mol. The van der Waals surface area contributed by atoms with Gasteiger partial charge >= 0.3 is 0 Å². The molecule has 2 aromatic rings. The second-order valence-electron chi connectivity index (χ2n) is 6.93. The lowest BCUT2D eigenvalue weighted by Crippen LogP contribution is -2.41. The van der Waals surface area contributed by atoms with Gasteiger partial charge in [-0.25, -0.2) is 4.39 Å². The van der Waals surface area contributed by atoms with E-state index in [-0.39, 0.29) is 41.6 Å². The highest BCUT2D eigenvalue weighted by molar-refractivity contribution is 14.0. The molecule has 0 spiro atoms. The highest BCUT2D eigenvalue weighted by Gasteiger charge is 2.10. The van der Waals surface area contributed by atoms with E-state index in [0.29, 0.717) is 25.7 Å². The van der Waals surface area contributed by atoms with E-state index in [1.165, 1.54) is 6.07 Å². The van der Waals surface area contributed by atoms with Gasteiger partial charge in [-0.15, -0.1) is 24.0 Å². The van der Waals surface area contributed by atoms with Crippen LogP contribution >= 0.6 is 24.0 Å². The van der Waals surface area contributed by atoms with Crippen LogP contribution in [-0.2, 0) is 6.54 Å². The van der Waals surface area contributed by atoms with Crippen LogP contribution in [-0.4, -0.2) is 57.8 Å². The van der Waals surface area contributed by atoms with E-state index >= 15 is 0 Å². The minimum atomic E-state index is -0.368. The molecule has 2 rings (SSSR count). The molecule has 8 heteroatoms. The molecule has 0 aliphatic heterocycles. The molecule has 0 amide bonds. The van der Waals surface area contributed by atoms with Gasteiger partial charge in [0.2, 0.25) is 0 Å². The molecule has 1 atom stereocenters. The van der Waals surface area contributed by atoms with Crippen molar-refractivity contribution in [3.8, 4) is 11.5 Å². The van der Waals surface area contributed by atoms with Gasteiger partial charge in [-0.1, -0.05) is 30.3 Å². The number of aliphatic imine (C=N–C) groups is 1. The van der Waals surface area contributed by atoms with Crippen LogP contribution in [0.5, 0.6) is 11.5 Å². The Morgan fingerprint density at radius 3 is 2.40 bits per heavy atom. The standard InChI is InChI=1S/C22H31FN4O2.HI/c1-17(29-21-12-8-6-10-19(21)23)15-25-22(24-2)26-16-18-9-5-7-11-20(18)28-14-13-27(3)4;/h5-12,17H,13-16H2,1-4H3,(H2,24,25,26);1H. The third kappa shape index (κ3) is 9.17. The first-order valence-corrected chi connectivity index (χ1v) is 9.70. The minimum Gasteiger partial charge on any atom is -0.492 e. The van der Waals surface area contributed by atoms with Crippen LogP contribution in [0.4, 0.5) is 4.39 Å². The molecule has 2 aromatic carbocycles. The first-order chi connectivity index (χ1) is 14.0. The number of halogens is 2. The molecule has 0 aliphatic carbocycles. The Hall–Kier alpha value is -2.07. The van der Waals surface area contributed by atoms with Gasteiger partial charge in [0.05, 0.1) is 6.54 Å². The van der Waals surface area contributed by atoms with Crippen molar-refractivity contribution in [1.82, 2.24) is 15.5 Å². The van der Waals surface area contributed by atoms with E-state index in [9.17, 15) is 4.39 Å². The fourth-order valence-electron chi connectivity index (χ4n) is 2.57. The van der Waals surface area contributed by atoms with Crippen molar-refractivity contribution in [1.29, 1.82) is 0 Å². The Morgan fingerprint density at radius 2 is 1.73 bits per heavy atom. The lowest BCUT2D eigenvalue weighted by Gasteiger charge is -2.19. The van der Waals surface area contributed by atoms with Crippen LogP contribution in [0.25, 0.3) is 0 Å². The molecule has 30 heavy (non-hydrogen) atoms. The third-order valence-electron chi connectivity index (χ3n) is 4.16. The van der Waals surface area contributed by atoms with E-state index in [0.717, 1.165) is 17.9 Å². The molecular weight excluding hydrogens is 498 g/mol. The zero-order chi connectivity index (χ0) is 21.1. The Labute approximate surface area is 195 Å². The molecule has 0 saturated carbocycles. The zero-order valence-electron chi connectivity index (χ0n) is 18.0. The summed E-state index contributed by atoms with van der Waals surface area (Å²) in [5, 5.41) is 6.48. The smallest absolute Gasteiger partial charge is 0.191 e. The summed E-state index contributed by atoms with van der Waals surface area (Å²) >= 11 is 0. The van der Waals surface area contributed by atoms with Crippen molar-refractivity contribution in [3.05, 3.63) is 59.9 Å². The molecule has 6 nitrogen and oxygen atoms in total. The van der Waals surface area contributed by atoms with Gasteiger partial charge < -0.3 is 25.0 Å². The lowest BCUT2D eigenvalue weighted by molar-refractivity contribution is 0.214. The summed E-state index contributed by atoms with van der Waals surface area (Å²) in [5.41, 5.74) is 1.05. The Morgan fingerprint density at radius 1 is 1.07 bits per heavy atom. The van der Waals surface area contributed by atoms with Crippen LogP contribution in [0, 0.1) is 5.82 Å². The van der Waals surface area contributed by atoms with E-state index in [2.05, 4.69) is 20.5 Å². The Balaban J connectivity index is 0.00000450. The third-order valence-corrected chi connectivity index (χ3v) is 4.16. The van der Waals surface area contributed by atoms with Gasteiger partial charge in [-0.2, -0.15) is 0 Å². The lowest BCUT2D eigenvalue weighted by atomic mass is 10.2. The molecule has 1 unspecified atom stereocenters. The van der Waals surface area contributed by atoms with E-state index in [1.807, 2.05) is 45.3 Å². The predicted octanol–water partition coefficient (Wildman–Crippen LogP) is 3.52. The summed E-state index contributed by atoms with van der Waals surface area (Å²) < 4.78 is 25.2. The molecule has 0 aliphatic rings. The number of para-hydroxylation sites is 2. The quantitative estimate of drug-likeness (QED) is 0.280. The topological polar surface area (TPSA) is 58.1 Å². The molecule has 0 radical (unpaired) electrons. The van der Waals surface area contributed by atoms with E-state index in [1.54, 1.807) is 25.2 Å². The molecule has 0 saturated heterocycles. The van der Waals surface area contributed by atoms with Gasteiger partial charge in [0.1, 0.15) is 18.5 Å². The molecule has 0 fully saturated rings. The number of rotatable bonds is 10. The number of likely N-dealkylation sites (N-methyl/N-ethyl adjacent to an activating group) is 1. The molecule has 0 heterocycles. The highest BCUT2D eigenvalue weighted by Crippen LogP contribution is 2.18. The summed E-state index contributed by atoms with van der Waals surface area (Å²) in [5.74, 6) is 1.37.